The van der Waals surface area contributed by atoms with Crippen LogP contribution in [-0.4, -0.2) is 32.2 Å². The number of aryl methyl sites for hydroxylation is 1. The topological polar surface area (TPSA) is 121 Å². The van der Waals surface area contributed by atoms with Crippen LogP contribution in [-0.2, 0) is 22.6 Å². The largest absolute Gasteiger partial charge is 0.469 e. The zero-order valence-electron chi connectivity index (χ0n) is 23.6. The quantitative estimate of drug-likeness (QED) is 0.355. The molecule has 1 N–H and O–H groups in total. The highest BCUT2D eigenvalue weighted by Gasteiger charge is 2.18. The van der Waals surface area contributed by atoms with Crippen LogP contribution in [0.15, 0.2) is 81.4 Å². The summed E-state index contributed by atoms with van der Waals surface area (Å²) < 4.78 is 48.2. The Kier molecular flexibility index (Phi) is 6.78. The number of carbonyl (C=O) groups excluding carboxylic acids is 1. The van der Waals surface area contributed by atoms with Gasteiger partial charge in [-0.25, -0.2) is 28.5 Å². The van der Waals surface area contributed by atoms with Crippen LogP contribution in [0, 0.1) is 18.6 Å². The minimum Gasteiger partial charge on any atom is -0.469 e. The fraction of sp³-hybridized carbons (Fsp3) is 0.222. The second-order valence-electron chi connectivity index (χ2n) is 8.38. The number of H-pyrrole nitrogens is 1. The number of ether oxygens (including phenoxy) is 2. The molecule has 2 heterocycles. The van der Waals surface area contributed by atoms with Crippen LogP contribution in [0.3, 0.4) is 0 Å². The summed E-state index contributed by atoms with van der Waals surface area (Å²) >= 11 is 0. The molecule has 0 amide bonds. The Bertz CT molecular complexity index is 1710. The molecule has 1 atom stereocenters. The Labute approximate surface area is 220 Å². The van der Waals surface area contributed by atoms with Crippen LogP contribution in [0.4, 0.5) is 10.1 Å². The SMILES string of the molecule is [2H]C([2H])([2H])c1ccc(Cn2c(=O)n(C[C@H](C)C(=O)OC)c(=O)[nH]/c2=N\c2ccc(Oc3ccc(F)cn3)cc2)cc1. The molecular formula is C27H26FN5O5. The average molecular weight is 523 g/mol. The number of benzene rings is 2. The van der Waals surface area contributed by atoms with Crippen molar-refractivity contribution < 1.29 is 22.8 Å². The lowest BCUT2D eigenvalue weighted by Gasteiger charge is -2.14. The molecule has 4 rings (SSSR count). The number of nitrogens with zero attached hydrogens (tertiary/aromatic N) is 4. The van der Waals surface area contributed by atoms with Gasteiger partial charge in [-0.05, 0) is 42.7 Å². The summed E-state index contributed by atoms with van der Waals surface area (Å²) in [5.74, 6) is -1.28. The van der Waals surface area contributed by atoms with E-state index < -0.39 is 35.9 Å². The molecule has 0 aliphatic heterocycles. The van der Waals surface area contributed by atoms with Crippen molar-refractivity contribution in [1.29, 1.82) is 0 Å². The van der Waals surface area contributed by atoms with Crippen LogP contribution >= 0.6 is 0 Å². The lowest BCUT2D eigenvalue weighted by atomic mass is 10.1. The molecule has 0 spiro atoms. The van der Waals surface area contributed by atoms with Crippen molar-refractivity contribution in [1.82, 2.24) is 19.1 Å². The highest BCUT2D eigenvalue weighted by molar-refractivity contribution is 5.71. The number of hydrogen-bond donors (Lipinski definition) is 1. The number of halogens is 1. The fourth-order valence-corrected chi connectivity index (χ4v) is 3.54. The van der Waals surface area contributed by atoms with E-state index in [9.17, 15) is 18.8 Å². The third kappa shape index (κ3) is 6.30. The van der Waals surface area contributed by atoms with Gasteiger partial charge in [-0.2, -0.15) is 0 Å². The standard InChI is InChI=1S/C27H26FN5O5/c1-17-4-6-19(7-5-17)16-32-25(31-26(35)33(27(32)36)15-18(2)24(34)37-3)30-21-9-11-22(12-10-21)38-23-13-8-20(28)14-29-23/h4-14,18H,15-16H2,1-3H3,(H,30,31,35)/t18-/m0/s1/i1D3. The number of esters is 1. The lowest BCUT2D eigenvalue weighted by molar-refractivity contribution is -0.145. The van der Waals surface area contributed by atoms with Crippen molar-refractivity contribution >= 4 is 11.7 Å². The monoisotopic (exact) mass is 522 g/mol. The molecule has 0 unspecified atom stereocenters. The third-order valence-corrected chi connectivity index (χ3v) is 5.53. The van der Waals surface area contributed by atoms with E-state index in [1.165, 1.54) is 42.9 Å². The Morgan fingerprint density at radius 2 is 1.84 bits per heavy atom. The first kappa shape index (κ1) is 22.4. The van der Waals surface area contributed by atoms with Crippen LogP contribution in [0.1, 0.15) is 22.2 Å². The number of nitrogens with one attached hydrogen (secondary N) is 1. The maximum Gasteiger partial charge on any atom is 0.335 e. The van der Waals surface area contributed by atoms with Gasteiger partial charge in [-0.1, -0.05) is 36.8 Å². The molecule has 0 bridgehead atoms. The second-order valence-corrected chi connectivity index (χ2v) is 8.38. The zero-order chi connectivity index (χ0) is 29.7. The van der Waals surface area contributed by atoms with Crippen LogP contribution in [0.5, 0.6) is 11.6 Å². The number of pyridine rings is 1. The maximum atomic E-state index is 13.5. The highest BCUT2D eigenvalue weighted by Crippen LogP contribution is 2.22. The van der Waals surface area contributed by atoms with E-state index >= 15 is 0 Å². The Morgan fingerprint density at radius 1 is 1.11 bits per heavy atom. The van der Waals surface area contributed by atoms with Crippen molar-refractivity contribution in [2.45, 2.75) is 26.9 Å². The first-order valence-corrected chi connectivity index (χ1v) is 11.5. The van der Waals surface area contributed by atoms with Gasteiger partial charge in [-0.3, -0.25) is 14.3 Å². The molecule has 10 nitrogen and oxygen atoms in total. The number of aromatic nitrogens is 4. The number of methoxy groups -OCH3 is 1. The first-order valence-electron chi connectivity index (χ1n) is 13.0. The van der Waals surface area contributed by atoms with Gasteiger partial charge >= 0.3 is 17.3 Å². The lowest BCUT2D eigenvalue weighted by Crippen LogP contribution is -2.51. The fourth-order valence-electron chi connectivity index (χ4n) is 3.54. The Morgan fingerprint density at radius 3 is 2.47 bits per heavy atom. The van der Waals surface area contributed by atoms with E-state index in [0.717, 1.165) is 10.8 Å². The molecule has 4 aromatic rings. The van der Waals surface area contributed by atoms with E-state index in [1.807, 2.05) is 0 Å². The van der Waals surface area contributed by atoms with Gasteiger partial charge in [0.1, 0.15) is 11.6 Å². The Balaban J connectivity index is 1.73. The molecule has 196 valence electrons. The third-order valence-electron chi connectivity index (χ3n) is 5.53. The van der Waals surface area contributed by atoms with Crippen LogP contribution in [0.25, 0.3) is 0 Å². The van der Waals surface area contributed by atoms with E-state index in [2.05, 4.69) is 15.0 Å². The average Bonchev–Trinajstić information content (AvgIpc) is 2.94. The molecule has 0 fully saturated rings. The van der Waals surface area contributed by atoms with E-state index in [4.69, 9.17) is 13.6 Å². The van der Waals surface area contributed by atoms with Gasteiger partial charge in [0, 0.05) is 16.7 Å². The highest BCUT2D eigenvalue weighted by atomic mass is 19.1. The van der Waals surface area contributed by atoms with Crippen molar-refractivity contribution in [3.05, 3.63) is 110 Å². The smallest absolute Gasteiger partial charge is 0.335 e. The predicted octanol–water partition coefficient (Wildman–Crippen LogP) is 3.06. The normalized spacial score (nSPS) is 13.8. The van der Waals surface area contributed by atoms with E-state index in [-0.39, 0.29) is 30.2 Å². The molecule has 2 aromatic carbocycles. The van der Waals surface area contributed by atoms with E-state index in [0.29, 0.717) is 17.0 Å². The van der Waals surface area contributed by atoms with Crippen molar-refractivity contribution in [2.24, 2.45) is 10.9 Å². The Hall–Kier alpha value is -4.80. The summed E-state index contributed by atoms with van der Waals surface area (Å²) in [4.78, 5) is 49.2. The van der Waals surface area contributed by atoms with Gasteiger partial charge in [-0.15, -0.1) is 0 Å². The number of carbonyl (C=O) groups is 1. The number of rotatable bonds is 8. The summed E-state index contributed by atoms with van der Waals surface area (Å²) in [6.07, 6.45) is 1.03. The summed E-state index contributed by atoms with van der Waals surface area (Å²) in [5, 5.41) is 0. The maximum absolute atomic E-state index is 13.5. The summed E-state index contributed by atoms with van der Waals surface area (Å²) in [7, 11) is 1.21. The van der Waals surface area contributed by atoms with Gasteiger partial charge < -0.3 is 9.47 Å². The van der Waals surface area contributed by atoms with Crippen LogP contribution in [0.2, 0.25) is 0 Å². The summed E-state index contributed by atoms with van der Waals surface area (Å²) in [5.41, 5.74) is -0.500. The van der Waals surface area contributed by atoms with Crippen molar-refractivity contribution in [3.8, 4) is 11.6 Å². The molecule has 2 aromatic heterocycles. The molecule has 0 aliphatic rings. The van der Waals surface area contributed by atoms with Crippen molar-refractivity contribution in [2.75, 3.05) is 7.11 Å². The molecule has 0 saturated carbocycles. The van der Waals surface area contributed by atoms with Gasteiger partial charge in [0.25, 0.3) is 0 Å². The minimum atomic E-state index is -2.29. The zero-order valence-corrected chi connectivity index (χ0v) is 20.6. The molecule has 0 aliphatic carbocycles. The van der Waals surface area contributed by atoms with Gasteiger partial charge in [0.15, 0.2) is 0 Å². The number of hydrogen-bond acceptors (Lipinski definition) is 7. The molecule has 38 heavy (non-hydrogen) atoms. The molecule has 0 radical (unpaired) electrons. The molecule has 0 saturated heterocycles. The van der Waals surface area contributed by atoms with E-state index in [1.54, 1.807) is 36.4 Å². The van der Waals surface area contributed by atoms with Gasteiger partial charge in [0.05, 0.1) is 31.5 Å². The first-order chi connectivity index (χ1) is 19.4. The number of aromatic amines is 1. The second kappa shape index (κ2) is 11.5. The van der Waals surface area contributed by atoms with Crippen molar-refractivity contribution in [3.63, 3.8) is 0 Å². The van der Waals surface area contributed by atoms with Gasteiger partial charge in [0.2, 0.25) is 11.5 Å². The molecule has 11 heteroatoms. The predicted molar refractivity (Wildman–Crippen MR) is 137 cm³/mol. The summed E-state index contributed by atoms with van der Waals surface area (Å²) in [6, 6.07) is 14.9. The molecular weight excluding hydrogens is 493 g/mol. The minimum absolute atomic E-state index is 0.0558. The van der Waals surface area contributed by atoms with Crippen LogP contribution < -0.4 is 21.7 Å². The summed E-state index contributed by atoms with van der Waals surface area (Å²) in [6.45, 7) is -1.05.